The topological polar surface area (TPSA) is 112 Å². The number of nitro groups is 1. The van der Waals surface area contributed by atoms with E-state index in [4.69, 9.17) is 0 Å². The Morgan fingerprint density at radius 1 is 0.897 bits per heavy atom. The molecule has 0 atom stereocenters. The van der Waals surface area contributed by atoms with Crippen molar-refractivity contribution in [2.45, 2.75) is 0 Å². The summed E-state index contributed by atoms with van der Waals surface area (Å²) in [4.78, 5) is 36.0. The van der Waals surface area contributed by atoms with Crippen LogP contribution < -0.4 is 10.4 Å². The lowest BCUT2D eigenvalue weighted by atomic mass is 10.00. The summed E-state index contributed by atoms with van der Waals surface area (Å²) in [6, 6.07) is 20.2. The van der Waals surface area contributed by atoms with Gasteiger partial charge in [-0.15, -0.1) is 0 Å². The molecule has 144 valence electrons. The average Bonchev–Trinajstić information content (AvgIpc) is 2.73. The lowest BCUT2D eigenvalue weighted by Crippen LogP contribution is -2.20. The number of hydrogen-bond acceptors (Lipinski definition) is 5. The van der Waals surface area contributed by atoms with Crippen molar-refractivity contribution in [3.63, 3.8) is 0 Å². The maximum atomic E-state index is 12.9. The molecule has 0 fully saturated rings. The standard InChI is InChI=1S/C22H16N2O5/c25-20-12-11-15(14-19(20)24(28)29)13-18(21(26)16-7-3-1-4-8-16)22(27)23-17-9-5-2-6-10-17/h1-14,25H,(H,23,27)/p-1/b18-13+. The van der Waals surface area contributed by atoms with Gasteiger partial charge in [-0.3, -0.25) is 19.7 Å². The molecule has 3 aromatic rings. The van der Waals surface area contributed by atoms with Crippen molar-refractivity contribution >= 4 is 29.1 Å². The molecule has 0 aliphatic heterocycles. The van der Waals surface area contributed by atoms with Gasteiger partial charge in [0.1, 0.15) is 0 Å². The lowest BCUT2D eigenvalue weighted by molar-refractivity contribution is -0.398. The van der Waals surface area contributed by atoms with E-state index in [0.29, 0.717) is 5.69 Å². The van der Waals surface area contributed by atoms with Crippen molar-refractivity contribution < 1.29 is 19.6 Å². The molecule has 7 nitrogen and oxygen atoms in total. The molecule has 1 amide bonds. The molecule has 7 heteroatoms. The van der Waals surface area contributed by atoms with Gasteiger partial charge in [0.2, 0.25) is 0 Å². The lowest BCUT2D eigenvalue weighted by Gasteiger charge is -2.10. The van der Waals surface area contributed by atoms with Crippen LogP contribution in [0.1, 0.15) is 15.9 Å². The summed E-state index contributed by atoms with van der Waals surface area (Å²) in [6.45, 7) is 0. The molecule has 0 saturated carbocycles. The molecule has 1 N–H and O–H groups in total. The van der Waals surface area contributed by atoms with Gasteiger partial charge in [-0.25, -0.2) is 0 Å². The van der Waals surface area contributed by atoms with E-state index in [-0.39, 0.29) is 16.7 Å². The normalized spacial score (nSPS) is 11.0. The van der Waals surface area contributed by atoms with Crippen LogP contribution in [0.2, 0.25) is 0 Å². The number of rotatable bonds is 6. The number of hydrogen-bond donors (Lipinski definition) is 1. The summed E-state index contributed by atoms with van der Waals surface area (Å²) in [7, 11) is 0. The monoisotopic (exact) mass is 387 g/mol. The maximum Gasteiger partial charge on any atom is 0.262 e. The predicted octanol–water partition coefficient (Wildman–Crippen LogP) is 3.57. The van der Waals surface area contributed by atoms with Gasteiger partial charge >= 0.3 is 0 Å². The van der Waals surface area contributed by atoms with Crippen molar-refractivity contribution in [1.82, 2.24) is 0 Å². The molecule has 0 radical (unpaired) electrons. The van der Waals surface area contributed by atoms with E-state index in [2.05, 4.69) is 5.32 Å². The van der Waals surface area contributed by atoms with Crippen LogP contribution in [-0.4, -0.2) is 16.6 Å². The number of benzene rings is 3. The van der Waals surface area contributed by atoms with Crippen molar-refractivity contribution in [2.24, 2.45) is 0 Å². The summed E-state index contributed by atoms with van der Waals surface area (Å²) < 4.78 is 0. The first-order valence-corrected chi connectivity index (χ1v) is 8.59. The molecule has 0 aliphatic rings. The van der Waals surface area contributed by atoms with Gasteiger partial charge in [0.05, 0.1) is 10.5 Å². The number of carbonyl (C=O) groups is 2. The third-order valence-electron chi connectivity index (χ3n) is 4.05. The van der Waals surface area contributed by atoms with Crippen LogP contribution in [0, 0.1) is 10.1 Å². The third kappa shape index (κ3) is 4.72. The number of amides is 1. The Hall–Kier alpha value is -4.26. The number of Topliss-reactive ketones (excluding diaryl/α,β-unsaturated/α-hetero) is 1. The number of ketones is 1. The van der Waals surface area contributed by atoms with Crippen LogP contribution in [0.4, 0.5) is 11.4 Å². The first-order chi connectivity index (χ1) is 14.0. The summed E-state index contributed by atoms with van der Waals surface area (Å²) in [5.74, 6) is -1.97. The smallest absolute Gasteiger partial charge is 0.262 e. The van der Waals surface area contributed by atoms with Crippen LogP contribution in [0.5, 0.6) is 5.75 Å². The SMILES string of the molecule is O=C(Nc1ccccc1)/C(=C/c1ccc([O-])c([N+](=O)[O-])c1)C(=O)c1ccccc1. The van der Waals surface area contributed by atoms with Crippen LogP contribution in [0.3, 0.4) is 0 Å². The van der Waals surface area contributed by atoms with Gasteiger partial charge < -0.3 is 10.4 Å². The first kappa shape index (κ1) is 19.5. The molecule has 0 aromatic heterocycles. The minimum atomic E-state index is -0.803. The highest BCUT2D eigenvalue weighted by atomic mass is 16.6. The van der Waals surface area contributed by atoms with E-state index >= 15 is 0 Å². The molecule has 3 rings (SSSR count). The minimum Gasteiger partial charge on any atom is -0.868 e. The van der Waals surface area contributed by atoms with Crippen molar-refractivity contribution in [2.75, 3.05) is 5.32 Å². The van der Waals surface area contributed by atoms with Crippen LogP contribution in [0.25, 0.3) is 6.08 Å². The fourth-order valence-corrected chi connectivity index (χ4v) is 2.63. The van der Waals surface area contributed by atoms with Crippen LogP contribution in [-0.2, 0) is 4.79 Å². The fraction of sp³-hybridized carbons (Fsp3) is 0. The van der Waals surface area contributed by atoms with E-state index < -0.39 is 28.1 Å². The Morgan fingerprint density at radius 3 is 2.14 bits per heavy atom. The number of nitro benzene ring substituents is 1. The number of nitrogens with zero attached hydrogens (tertiary/aromatic N) is 1. The summed E-state index contributed by atoms with van der Waals surface area (Å²) >= 11 is 0. The molecular weight excluding hydrogens is 372 g/mol. The van der Waals surface area contributed by atoms with E-state index in [1.165, 1.54) is 12.1 Å². The Bertz CT molecular complexity index is 1090. The van der Waals surface area contributed by atoms with Gasteiger partial charge in [-0.2, -0.15) is 0 Å². The predicted molar refractivity (Wildman–Crippen MR) is 106 cm³/mol. The molecule has 0 heterocycles. The number of nitrogens with one attached hydrogen (secondary N) is 1. The summed E-state index contributed by atoms with van der Waals surface area (Å²) in [6.07, 6.45) is 1.24. The molecule has 0 unspecified atom stereocenters. The summed E-state index contributed by atoms with van der Waals surface area (Å²) in [5.41, 5.74) is 0.127. The molecule has 3 aromatic carbocycles. The van der Waals surface area contributed by atoms with E-state index in [9.17, 15) is 24.8 Å². The third-order valence-corrected chi connectivity index (χ3v) is 4.05. The van der Waals surface area contributed by atoms with Crippen molar-refractivity contribution in [3.8, 4) is 5.75 Å². The maximum absolute atomic E-state index is 12.9. The van der Waals surface area contributed by atoms with Gasteiger partial charge in [0, 0.05) is 17.3 Å². The zero-order valence-electron chi connectivity index (χ0n) is 15.1. The van der Waals surface area contributed by atoms with Crippen molar-refractivity contribution in [1.29, 1.82) is 0 Å². The van der Waals surface area contributed by atoms with Gasteiger partial charge in [0.15, 0.2) is 5.78 Å². The van der Waals surface area contributed by atoms with E-state index in [1.807, 2.05) is 0 Å². The van der Waals surface area contributed by atoms with E-state index in [0.717, 1.165) is 12.1 Å². The average molecular weight is 387 g/mol. The molecule has 0 saturated heterocycles. The second-order valence-corrected chi connectivity index (χ2v) is 6.06. The highest BCUT2D eigenvalue weighted by Gasteiger charge is 2.20. The zero-order chi connectivity index (χ0) is 20.8. The Labute approximate surface area is 166 Å². The molecule has 29 heavy (non-hydrogen) atoms. The Kier molecular flexibility index (Phi) is 5.80. The molecular formula is C22H15N2O5-. The molecule has 0 bridgehead atoms. The van der Waals surface area contributed by atoms with Crippen LogP contribution in [0.15, 0.2) is 84.4 Å². The second-order valence-electron chi connectivity index (χ2n) is 6.06. The van der Waals surface area contributed by atoms with Crippen LogP contribution >= 0.6 is 0 Å². The van der Waals surface area contributed by atoms with E-state index in [1.54, 1.807) is 60.7 Å². The van der Waals surface area contributed by atoms with Gasteiger partial charge in [-0.1, -0.05) is 60.7 Å². The first-order valence-electron chi connectivity index (χ1n) is 8.59. The second kappa shape index (κ2) is 8.62. The number of anilines is 1. The number of para-hydroxylation sites is 1. The Balaban J connectivity index is 2.04. The van der Waals surface area contributed by atoms with Gasteiger partial charge in [-0.05, 0) is 29.5 Å². The minimum absolute atomic E-state index is 0.193. The quantitative estimate of drug-likeness (QED) is 0.173. The highest BCUT2D eigenvalue weighted by molar-refractivity contribution is 6.31. The largest absolute Gasteiger partial charge is 0.868 e. The summed E-state index contributed by atoms with van der Waals surface area (Å²) in [5, 5.41) is 25.3. The molecule has 0 aliphatic carbocycles. The highest BCUT2D eigenvalue weighted by Crippen LogP contribution is 2.25. The number of carbonyl (C=O) groups excluding carboxylic acids is 2. The molecule has 0 spiro atoms. The zero-order valence-corrected chi connectivity index (χ0v) is 15.1. The Morgan fingerprint density at radius 2 is 1.52 bits per heavy atom. The van der Waals surface area contributed by atoms with Gasteiger partial charge in [0.25, 0.3) is 11.6 Å². The fourth-order valence-electron chi connectivity index (χ4n) is 2.63. The van der Waals surface area contributed by atoms with Crippen molar-refractivity contribution in [3.05, 3.63) is 106 Å².